The molecule has 2 amide bonds. The first kappa shape index (κ1) is 16.7. The molecule has 0 saturated carbocycles. The molecule has 6 nitrogen and oxygen atoms in total. The topological polar surface area (TPSA) is 98.5 Å². The third-order valence-corrected chi connectivity index (χ3v) is 3.35. The summed E-state index contributed by atoms with van der Waals surface area (Å²) in [6.45, 7) is 3.74. The number of amides is 2. The Hall–Kier alpha value is -2.37. The van der Waals surface area contributed by atoms with E-state index in [0.717, 1.165) is 0 Å². The van der Waals surface area contributed by atoms with Gasteiger partial charge < -0.3 is 15.8 Å². The van der Waals surface area contributed by atoms with Gasteiger partial charge in [-0.05, 0) is 24.1 Å². The van der Waals surface area contributed by atoms with Crippen LogP contribution in [0.1, 0.15) is 41.0 Å². The van der Waals surface area contributed by atoms with Crippen molar-refractivity contribution >= 4 is 17.8 Å². The van der Waals surface area contributed by atoms with Gasteiger partial charge in [0.15, 0.2) is 0 Å². The largest absolute Gasteiger partial charge is 0.465 e. The fraction of sp³-hybridized carbons (Fsp3) is 0.400. The van der Waals surface area contributed by atoms with Crippen molar-refractivity contribution in [1.82, 2.24) is 5.32 Å². The number of nitrogens with two attached hydrogens (primary N) is 1. The summed E-state index contributed by atoms with van der Waals surface area (Å²) in [5.41, 5.74) is 5.85. The van der Waals surface area contributed by atoms with Crippen molar-refractivity contribution < 1.29 is 19.1 Å². The first-order valence-electron chi connectivity index (χ1n) is 6.69. The predicted octanol–water partition coefficient (Wildman–Crippen LogP) is 1.10. The van der Waals surface area contributed by atoms with Crippen LogP contribution in [0.5, 0.6) is 0 Å². The van der Waals surface area contributed by atoms with Gasteiger partial charge in [-0.2, -0.15) is 0 Å². The van der Waals surface area contributed by atoms with Crippen molar-refractivity contribution in [1.29, 1.82) is 0 Å². The SMILES string of the molecule is CC[C@@H](C)[C@H](NC(=O)c1cccc(C(=O)OC)c1)C(N)=O. The molecule has 0 aliphatic heterocycles. The van der Waals surface area contributed by atoms with E-state index >= 15 is 0 Å². The molecule has 21 heavy (non-hydrogen) atoms. The molecule has 0 aromatic heterocycles. The number of ether oxygens (including phenoxy) is 1. The van der Waals surface area contributed by atoms with Gasteiger partial charge in [-0.25, -0.2) is 4.79 Å². The smallest absolute Gasteiger partial charge is 0.337 e. The standard InChI is InChI=1S/C15H20N2O4/c1-4-9(2)12(13(16)18)17-14(19)10-6-5-7-11(8-10)15(20)21-3/h5-9,12H,4H2,1-3H3,(H2,16,18)(H,17,19)/t9-,12+/m1/s1. The molecule has 0 bridgehead atoms. The first-order chi connectivity index (χ1) is 9.90. The van der Waals surface area contributed by atoms with E-state index in [0.29, 0.717) is 6.42 Å². The summed E-state index contributed by atoms with van der Waals surface area (Å²) in [6.07, 6.45) is 0.704. The third-order valence-electron chi connectivity index (χ3n) is 3.35. The summed E-state index contributed by atoms with van der Waals surface area (Å²) in [4.78, 5) is 35.0. The molecule has 0 aliphatic carbocycles. The molecule has 0 saturated heterocycles. The van der Waals surface area contributed by atoms with Gasteiger partial charge in [0.1, 0.15) is 6.04 Å². The third kappa shape index (κ3) is 4.30. The molecule has 2 atom stereocenters. The van der Waals surface area contributed by atoms with Gasteiger partial charge in [-0.3, -0.25) is 9.59 Å². The molecule has 0 aliphatic rings. The molecule has 0 heterocycles. The fourth-order valence-corrected chi connectivity index (χ4v) is 1.86. The number of esters is 1. The van der Waals surface area contributed by atoms with Crippen LogP contribution in [0.15, 0.2) is 24.3 Å². The Labute approximate surface area is 123 Å². The van der Waals surface area contributed by atoms with Crippen molar-refractivity contribution in [3.63, 3.8) is 0 Å². The van der Waals surface area contributed by atoms with Crippen LogP contribution in [0.4, 0.5) is 0 Å². The molecule has 114 valence electrons. The summed E-state index contributed by atoms with van der Waals surface area (Å²) < 4.78 is 4.60. The number of nitrogens with one attached hydrogen (secondary N) is 1. The second-order valence-corrected chi connectivity index (χ2v) is 4.81. The zero-order valence-electron chi connectivity index (χ0n) is 12.4. The number of rotatable bonds is 6. The number of carbonyl (C=O) groups is 3. The van der Waals surface area contributed by atoms with E-state index < -0.39 is 23.8 Å². The maximum atomic E-state index is 12.2. The van der Waals surface area contributed by atoms with E-state index in [-0.39, 0.29) is 17.0 Å². The molecular weight excluding hydrogens is 272 g/mol. The van der Waals surface area contributed by atoms with E-state index in [1.54, 1.807) is 18.2 Å². The lowest BCUT2D eigenvalue weighted by Gasteiger charge is -2.21. The zero-order chi connectivity index (χ0) is 16.0. The van der Waals surface area contributed by atoms with Crippen molar-refractivity contribution in [2.45, 2.75) is 26.3 Å². The minimum atomic E-state index is -0.746. The summed E-state index contributed by atoms with van der Waals surface area (Å²) in [7, 11) is 1.27. The average Bonchev–Trinajstić information content (AvgIpc) is 2.50. The van der Waals surface area contributed by atoms with Gasteiger partial charge in [0.2, 0.25) is 5.91 Å². The molecule has 0 radical (unpaired) electrons. The number of methoxy groups -OCH3 is 1. The highest BCUT2D eigenvalue weighted by atomic mass is 16.5. The molecule has 0 fully saturated rings. The van der Waals surface area contributed by atoms with E-state index in [2.05, 4.69) is 10.1 Å². The van der Waals surface area contributed by atoms with Crippen LogP contribution in [-0.4, -0.2) is 30.9 Å². The Bertz CT molecular complexity index is 542. The van der Waals surface area contributed by atoms with Crippen LogP contribution >= 0.6 is 0 Å². The highest BCUT2D eigenvalue weighted by Gasteiger charge is 2.24. The molecular formula is C15H20N2O4. The highest BCUT2D eigenvalue weighted by Crippen LogP contribution is 2.10. The van der Waals surface area contributed by atoms with Crippen LogP contribution < -0.4 is 11.1 Å². The van der Waals surface area contributed by atoms with Gasteiger partial charge in [-0.15, -0.1) is 0 Å². The normalized spacial score (nSPS) is 13.1. The van der Waals surface area contributed by atoms with Crippen LogP contribution in [0.3, 0.4) is 0 Å². The first-order valence-corrected chi connectivity index (χ1v) is 6.69. The zero-order valence-corrected chi connectivity index (χ0v) is 12.4. The molecule has 6 heteroatoms. The summed E-state index contributed by atoms with van der Waals surface area (Å²) in [5, 5.41) is 2.60. The second-order valence-electron chi connectivity index (χ2n) is 4.81. The molecule has 1 rings (SSSR count). The van der Waals surface area contributed by atoms with Crippen molar-refractivity contribution in [2.24, 2.45) is 11.7 Å². The molecule has 3 N–H and O–H groups in total. The minimum absolute atomic E-state index is 0.0739. The minimum Gasteiger partial charge on any atom is -0.465 e. The quantitative estimate of drug-likeness (QED) is 0.767. The number of primary amides is 1. The number of hydrogen-bond donors (Lipinski definition) is 2. The Morgan fingerprint density at radius 3 is 2.43 bits per heavy atom. The highest BCUT2D eigenvalue weighted by molar-refractivity contribution is 5.99. The van der Waals surface area contributed by atoms with Gasteiger partial charge in [0, 0.05) is 5.56 Å². The predicted molar refractivity (Wildman–Crippen MR) is 77.7 cm³/mol. The Balaban J connectivity index is 2.93. The molecule has 1 aromatic rings. The van der Waals surface area contributed by atoms with Gasteiger partial charge in [0.25, 0.3) is 5.91 Å². The van der Waals surface area contributed by atoms with Gasteiger partial charge in [-0.1, -0.05) is 26.3 Å². The lowest BCUT2D eigenvalue weighted by Crippen LogP contribution is -2.48. The molecule has 0 spiro atoms. The maximum absolute atomic E-state index is 12.2. The van der Waals surface area contributed by atoms with E-state index in [1.165, 1.54) is 13.2 Å². The summed E-state index contributed by atoms with van der Waals surface area (Å²) in [6, 6.07) is 5.34. The molecule has 1 aromatic carbocycles. The van der Waals surface area contributed by atoms with Crippen molar-refractivity contribution in [2.75, 3.05) is 7.11 Å². The number of hydrogen-bond acceptors (Lipinski definition) is 4. The van der Waals surface area contributed by atoms with Gasteiger partial charge >= 0.3 is 5.97 Å². The second kappa shape index (κ2) is 7.42. The van der Waals surface area contributed by atoms with E-state index in [4.69, 9.17) is 5.73 Å². The number of carbonyl (C=O) groups excluding carboxylic acids is 3. The van der Waals surface area contributed by atoms with Crippen LogP contribution in [0.25, 0.3) is 0 Å². The van der Waals surface area contributed by atoms with E-state index in [9.17, 15) is 14.4 Å². The van der Waals surface area contributed by atoms with Gasteiger partial charge in [0.05, 0.1) is 12.7 Å². The van der Waals surface area contributed by atoms with E-state index in [1.807, 2.05) is 13.8 Å². The van der Waals surface area contributed by atoms with Crippen molar-refractivity contribution in [3.05, 3.63) is 35.4 Å². The van der Waals surface area contributed by atoms with Crippen LogP contribution in [0.2, 0.25) is 0 Å². The summed E-state index contributed by atoms with van der Waals surface area (Å²) in [5.74, 6) is -1.64. The number of benzene rings is 1. The van der Waals surface area contributed by atoms with Crippen LogP contribution in [-0.2, 0) is 9.53 Å². The monoisotopic (exact) mass is 292 g/mol. The lowest BCUT2D eigenvalue weighted by atomic mass is 9.98. The van der Waals surface area contributed by atoms with Crippen LogP contribution in [0, 0.1) is 5.92 Å². The fourth-order valence-electron chi connectivity index (χ4n) is 1.86. The Morgan fingerprint density at radius 2 is 1.90 bits per heavy atom. The molecule has 0 unspecified atom stereocenters. The average molecular weight is 292 g/mol. The lowest BCUT2D eigenvalue weighted by molar-refractivity contribution is -0.120. The Kier molecular flexibility index (Phi) is 5.90. The maximum Gasteiger partial charge on any atom is 0.337 e. The van der Waals surface area contributed by atoms with Crippen molar-refractivity contribution in [3.8, 4) is 0 Å². The Morgan fingerprint density at radius 1 is 1.29 bits per heavy atom. The summed E-state index contributed by atoms with van der Waals surface area (Å²) >= 11 is 0.